The number of allylic oxidation sites excluding steroid dienone is 1. The van der Waals surface area contributed by atoms with Gasteiger partial charge in [0.15, 0.2) is 0 Å². The first-order chi connectivity index (χ1) is 14.3. The molecule has 2 heteroatoms. The third-order valence-electron chi connectivity index (χ3n) is 4.54. The zero-order valence-electron chi connectivity index (χ0n) is 18.0. The number of rotatable bonds is 12. The Bertz CT molecular complexity index is 761. The monoisotopic (exact) mass is 390 g/mol. The molecule has 0 unspecified atom stereocenters. The predicted molar refractivity (Wildman–Crippen MR) is 123 cm³/mol. The lowest BCUT2D eigenvalue weighted by molar-refractivity contribution is 0.304. The molecule has 0 saturated heterocycles. The van der Waals surface area contributed by atoms with Crippen LogP contribution < -0.4 is 9.47 Å². The Kier molecular flexibility index (Phi) is 11.2. The summed E-state index contributed by atoms with van der Waals surface area (Å²) in [5, 5.41) is 0. The van der Waals surface area contributed by atoms with Crippen molar-refractivity contribution in [3.8, 4) is 23.3 Å². The fourth-order valence-corrected chi connectivity index (χ4v) is 2.81. The largest absolute Gasteiger partial charge is 0.494 e. The van der Waals surface area contributed by atoms with Crippen LogP contribution in [0.15, 0.2) is 60.7 Å². The van der Waals surface area contributed by atoms with Crippen molar-refractivity contribution in [3.63, 3.8) is 0 Å². The van der Waals surface area contributed by atoms with E-state index >= 15 is 0 Å². The van der Waals surface area contributed by atoms with Gasteiger partial charge in [-0.15, -0.1) is 0 Å². The van der Waals surface area contributed by atoms with Gasteiger partial charge in [0.2, 0.25) is 0 Å². The highest BCUT2D eigenvalue weighted by Crippen LogP contribution is 2.14. The van der Waals surface area contributed by atoms with Crippen molar-refractivity contribution in [2.45, 2.75) is 58.8 Å². The summed E-state index contributed by atoms with van der Waals surface area (Å²) in [6.07, 6.45) is 12.8. The second-order valence-electron chi connectivity index (χ2n) is 7.13. The molecule has 0 aliphatic rings. The first kappa shape index (κ1) is 22.6. The van der Waals surface area contributed by atoms with E-state index < -0.39 is 0 Å². The van der Waals surface area contributed by atoms with Gasteiger partial charge in [-0.05, 0) is 61.4 Å². The Morgan fingerprint density at radius 3 is 1.83 bits per heavy atom. The van der Waals surface area contributed by atoms with Crippen LogP contribution in [0.25, 0.3) is 0 Å². The maximum Gasteiger partial charge on any atom is 0.119 e. The minimum atomic E-state index is 0.609. The van der Waals surface area contributed by atoms with E-state index in [4.69, 9.17) is 9.47 Å². The molecule has 0 N–H and O–H groups in total. The van der Waals surface area contributed by atoms with Crippen molar-refractivity contribution in [2.75, 3.05) is 13.2 Å². The number of unbranched alkanes of at least 4 members (excludes halogenated alkanes) is 5. The van der Waals surface area contributed by atoms with Gasteiger partial charge in [0.25, 0.3) is 0 Å². The molecule has 2 aromatic carbocycles. The highest BCUT2D eigenvalue weighted by molar-refractivity contribution is 5.45. The molecule has 0 saturated carbocycles. The summed E-state index contributed by atoms with van der Waals surface area (Å²) in [7, 11) is 0. The van der Waals surface area contributed by atoms with Crippen LogP contribution in [0.5, 0.6) is 11.5 Å². The lowest BCUT2D eigenvalue weighted by Crippen LogP contribution is -1.97. The zero-order chi connectivity index (χ0) is 20.6. The molecule has 0 atom stereocenters. The van der Waals surface area contributed by atoms with E-state index in [-0.39, 0.29) is 0 Å². The normalized spacial score (nSPS) is 10.6. The van der Waals surface area contributed by atoms with E-state index in [2.05, 4.69) is 37.8 Å². The van der Waals surface area contributed by atoms with Gasteiger partial charge in [-0.3, -0.25) is 0 Å². The third kappa shape index (κ3) is 9.90. The minimum absolute atomic E-state index is 0.609. The van der Waals surface area contributed by atoms with Crippen LogP contribution in [-0.4, -0.2) is 13.2 Å². The smallest absolute Gasteiger partial charge is 0.119 e. The van der Waals surface area contributed by atoms with E-state index in [9.17, 15) is 0 Å². The van der Waals surface area contributed by atoms with Crippen LogP contribution in [-0.2, 0) is 0 Å². The van der Waals surface area contributed by atoms with Crippen molar-refractivity contribution >= 4 is 0 Å². The van der Waals surface area contributed by atoms with Crippen molar-refractivity contribution in [1.82, 2.24) is 0 Å². The van der Waals surface area contributed by atoms with Crippen molar-refractivity contribution in [2.24, 2.45) is 0 Å². The number of hydrogen-bond donors (Lipinski definition) is 0. The molecule has 154 valence electrons. The summed E-state index contributed by atoms with van der Waals surface area (Å²) in [6.45, 7) is 5.80. The van der Waals surface area contributed by atoms with Crippen molar-refractivity contribution in [3.05, 3.63) is 71.8 Å². The fourth-order valence-electron chi connectivity index (χ4n) is 2.81. The Hall–Kier alpha value is -2.66. The molecule has 0 aromatic heterocycles. The second-order valence-corrected chi connectivity index (χ2v) is 7.13. The minimum Gasteiger partial charge on any atom is -0.494 e. The summed E-state index contributed by atoms with van der Waals surface area (Å²) in [6, 6.07) is 15.9. The molecule has 0 amide bonds. The summed E-state index contributed by atoms with van der Waals surface area (Å²) in [5.74, 6) is 8.20. The van der Waals surface area contributed by atoms with Crippen LogP contribution in [0.1, 0.15) is 69.9 Å². The van der Waals surface area contributed by atoms with E-state index in [0.29, 0.717) is 6.61 Å². The zero-order valence-corrected chi connectivity index (χ0v) is 18.0. The molecule has 0 fully saturated rings. The van der Waals surface area contributed by atoms with E-state index in [0.717, 1.165) is 42.1 Å². The summed E-state index contributed by atoms with van der Waals surface area (Å²) < 4.78 is 11.5. The first-order valence-electron chi connectivity index (χ1n) is 10.9. The van der Waals surface area contributed by atoms with Crippen LogP contribution in [0.2, 0.25) is 0 Å². The molecule has 2 aromatic rings. The predicted octanol–water partition coefficient (Wildman–Crippen LogP) is 7.17. The molecule has 0 bridgehead atoms. The third-order valence-corrected chi connectivity index (χ3v) is 4.54. The summed E-state index contributed by atoms with van der Waals surface area (Å²) in [5.41, 5.74) is 1.97. The average Bonchev–Trinajstić information content (AvgIpc) is 2.76. The van der Waals surface area contributed by atoms with Gasteiger partial charge in [-0.2, -0.15) is 0 Å². The van der Waals surface area contributed by atoms with Gasteiger partial charge < -0.3 is 9.47 Å². The first-order valence-corrected chi connectivity index (χ1v) is 10.9. The molecule has 0 heterocycles. The van der Waals surface area contributed by atoms with Crippen molar-refractivity contribution in [1.29, 1.82) is 0 Å². The Labute approximate surface area is 176 Å². The topological polar surface area (TPSA) is 18.5 Å². The van der Waals surface area contributed by atoms with Gasteiger partial charge in [-0.1, -0.05) is 69.9 Å². The molecule has 0 aliphatic heterocycles. The molecular weight excluding hydrogens is 356 g/mol. The lowest BCUT2D eigenvalue weighted by Gasteiger charge is -2.05. The molecular formula is C27H34O2. The quantitative estimate of drug-likeness (QED) is 0.217. The van der Waals surface area contributed by atoms with Crippen LogP contribution in [0, 0.1) is 11.8 Å². The number of ether oxygens (including phenoxy) is 2. The second kappa shape index (κ2) is 14.4. The van der Waals surface area contributed by atoms with Gasteiger partial charge in [0.05, 0.1) is 6.61 Å². The molecule has 2 nitrogen and oxygen atoms in total. The molecule has 29 heavy (non-hydrogen) atoms. The maximum absolute atomic E-state index is 5.80. The van der Waals surface area contributed by atoms with Crippen LogP contribution in [0.3, 0.4) is 0 Å². The average molecular weight is 391 g/mol. The van der Waals surface area contributed by atoms with Crippen LogP contribution in [0.4, 0.5) is 0 Å². The molecule has 0 spiro atoms. The lowest BCUT2D eigenvalue weighted by atomic mass is 10.1. The van der Waals surface area contributed by atoms with E-state index in [1.54, 1.807) is 0 Å². The summed E-state index contributed by atoms with van der Waals surface area (Å²) >= 11 is 0. The molecule has 0 radical (unpaired) electrons. The van der Waals surface area contributed by atoms with Gasteiger partial charge in [0, 0.05) is 11.1 Å². The maximum atomic E-state index is 5.80. The Morgan fingerprint density at radius 2 is 1.24 bits per heavy atom. The van der Waals surface area contributed by atoms with Gasteiger partial charge in [0.1, 0.15) is 18.1 Å². The van der Waals surface area contributed by atoms with Gasteiger partial charge >= 0.3 is 0 Å². The van der Waals surface area contributed by atoms with E-state index in [1.807, 2.05) is 48.5 Å². The van der Waals surface area contributed by atoms with E-state index in [1.165, 1.54) is 32.1 Å². The molecule has 2 rings (SSSR count). The Balaban J connectivity index is 1.76. The fraction of sp³-hybridized carbons (Fsp3) is 0.407. The standard InChI is InChI=1S/C27H34O2/c1-3-5-7-9-11-23-29-27-20-16-25(17-21-27)13-12-24-14-18-26(19-15-24)28-22-10-8-6-4-2/h8,10,14-21H,3-7,9,11,22-23H2,1-2H3. The SMILES string of the molecule is CCCC=CCOc1ccc(C#Cc2ccc(OCCCCCCC)cc2)cc1. The molecule has 0 aliphatic carbocycles. The number of hydrogen-bond acceptors (Lipinski definition) is 2. The van der Waals surface area contributed by atoms with Gasteiger partial charge in [-0.25, -0.2) is 0 Å². The highest BCUT2D eigenvalue weighted by Gasteiger charge is 1.96. The summed E-state index contributed by atoms with van der Waals surface area (Å²) in [4.78, 5) is 0. The number of benzene rings is 2. The highest BCUT2D eigenvalue weighted by atomic mass is 16.5. The Morgan fingerprint density at radius 1 is 0.655 bits per heavy atom. The van der Waals surface area contributed by atoms with Crippen molar-refractivity contribution < 1.29 is 9.47 Å². The van der Waals surface area contributed by atoms with Crippen LogP contribution >= 0.6 is 0 Å².